The van der Waals surface area contributed by atoms with Gasteiger partial charge in [-0.2, -0.15) is 0 Å². The van der Waals surface area contributed by atoms with Gasteiger partial charge in [0.05, 0.1) is 0 Å². The van der Waals surface area contributed by atoms with Gasteiger partial charge < -0.3 is 0 Å². The molecule has 0 unspecified atom stereocenters. The zero-order valence-corrected chi connectivity index (χ0v) is 12.3. The minimum absolute atomic E-state index is 0.921. The Morgan fingerprint density at radius 2 is 1.32 bits per heavy atom. The molecular formula is C17H18OSi. The van der Waals surface area contributed by atoms with Crippen molar-refractivity contribution in [3.05, 3.63) is 71.9 Å². The van der Waals surface area contributed by atoms with Crippen LogP contribution in [0.2, 0.25) is 6.55 Å². The molecule has 2 aromatic carbocycles. The molecule has 2 heteroatoms. The van der Waals surface area contributed by atoms with Crippen LogP contribution < -0.4 is 10.4 Å². The fourth-order valence-electron chi connectivity index (χ4n) is 2.52. The smallest absolute Gasteiger partial charge is 0.149 e. The lowest BCUT2D eigenvalue weighted by atomic mass is 10.4. The Morgan fingerprint density at radius 1 is 0.895 bits per heavy atom. The average molecular weight is 266 g/mol. The summed E-state index contributed by atoms with van der Waals surface area (Å²) in [7, 11) is -2.14. The van der Waals surface area contributed by atoms with Crippen molar-refractivity contribution in [3.8, 4) is 0 Å². The third-order valence-electron chi connectivity index (χ3n) is 3.72. The summed E-state index contributed by atoms with van der Waals surface area (Å²) in [6.45, 7) is 4.18. The minimum atomic E-state index is -2.14. The van der Waals surface area contributed by atoms with Gasteiger partial charge in [0.2, 0.25) is 0 Å². The van der Waals surface area contributed by atoms with Crippen molar-refractivity contribution in [2.75, 3.05) is 0 Å². The van der Waals surface area contributed by atoms with E-state index in [1.54, 1.807) is 0 Å². The van der Waals surface area contributed by atoms with E-state index in [0.29, 0.717) is 0 Å². The Kier molecular flexibility index (Phi) is 4.12. The molecule has 19 heavy (non-hydrogen) atoms. The number of benzene rings is 2. The van der Waals surface area contributed by atoms with E-state index < -0.39 is 8.07 Å². The number of rotatable bonds is 4. The van der Waals surface area contributed by atoms with E-state index in [1.807, 2.05) is 49.4 Å². The summed E-state index contributed by atoms with van der Waals surface area (Å²) in [5.74, 6) is 0. The van der Waals surface area contributed by atoms with E-state index in [4.69, 9.17) is 0 Å². The summed E-state index contributed by atoms with van der Waals surface area (Å²) in [6, 6.07) is 20.7. The number of hydrogen-bond acceptors (Lipinski definition) is 1. The first-order chi connectivity index (χ1) is 9.23. The highest BCUT2D eigenvalue weighted by Gasteiger charge is 2.35. The summed E-state index contributed by atoms with van der Waals surface area (Å²) in [5.41, 5.74) is 0. The van der Waals surface area contributed by atoms with E-state index in [9.17, 15) is 4.79 Å². The lowest BCUT2D eigenvalue weighted by Gasteiger charge is -2.28. The summed E-state index contributed by atoms with van der Waals surface area (Å²) in [6.07, 6.45) is 2.98. The zero-order valence-electron chi connectivity index (χ0n) is 11.3. The van der Waals surface area contributed by atoms with Crippen LogP contribution in [0.15, 0.2) is 71.9 Å². The maximum absolute atomic E-state index is 11.5. The van der Waals surface area contributed by atoms with E-state index in [2.05, 4.69) is 30.8 Å². The second-order valence-corrected chi connectivity index (χ2v) is 8.70. The van der Waals surface area contributed by atoms with E-state index in [0.717, 1.165) is 11.5 Å². The van der Waals surface area contributed by atoms with Crippen LogP contribution in [0.1, 0.15) is 6.92 Å². The van der Waals surface area contributed by atoms with Gasteiger partial charge in [-0.25, -0.2) is 0 Å². The number of carbonyl (C=O) groups is 1. The SMILES string of the molecule is C/C=C(/C=O)[Si](C)(c1ccccc1)c1ccccc1. The number of allylic oxidation sites excluding steroid dienone is 2. The third-order valence-corrected chi connectivity index (χ3v) is 8.25. The fraction of sp³-hybridized carbons (Fsp3) is 0.118. The van der Waals surface area contributed by atoms with E-state index in [-0.39, 0.29) is 0 Å². The molecule has 0 spiro atoms. The normalized spacial score (nSPS) is 12.2. The lowest BCUT2D eigenvalue weighted by molar-refractivity contribution is -0.104. The van der Waals surface area contributed by atoms with Crippen LogP contribution in [-0.2, 0) is 4.79 Å². The first-order valence-electron chi connectivity index (χ1n) is 6.46. The predicted octanol–water partition coefficient (Wildman–Crippen LogP) is 2.56. The van der Waals surface area contributed by atoms with Crippen LogP contribution >= 0.6 is 0 Å². The van der Waals surface area contributed by atoms with Gasteiger partial charge in [0, 0.05) is 0 Å². The molecule has 0 atom stereocenters. The molecule has 0 aliphatic carbocycles. The molecule has 0 N–H and O–H groups in total. The minimum Gasteiger partial charge on any atom is -0.299 e. The second kappa shape index (κ2) is 5.80. The molecule has 0 saturated heterocycles. The molecule has 2 aromatic rings. The van der Waals surface area contributed by atoms with Crippen molar-refractivity contribution in [3.63, 3.8) is 0 Å². The first kappa shape index (κ1) is 13.5. The highest BCUT2D eigenvalue weighted by molar-refractivity contribution is 7.08. The molecule has 0 aliphatic rings. The van der Waals surface area contributed by atoms with Crippen LogP contribution in [0.25, 0.3) is 0 Å². The molecule has 0 fully saturated rings. The van der Waals surface area contributed by atoms with Crippen LogP contribution in [0.4, 0.5) is 0 Å². The Labute approximate surface area is 115 Å². The molecule has 0 radical (unpaired) electrons. The van der Waals surface area contributed by atoms with Gasteiger partial charge in [0.15, 0.2) is 0 Å². The summed E-state index contributed by atoms with van der Waals surface area (Å²) >= 11 is 0. The fourth-order valence-corrected chi connectivity index (χ4v) is 6.05. The van der Waals surface area contributed by atoms with Crippen LogP contribution in [-0.4, -0.2) is 14.4 Å². The highest BCUT2D eigenvalue weighted by Crippen LogP contribution is 2.14. The van der Waals surface area contributed by atoms with Crippen LogP contribution in [0.3, 0.4) is 0 Å². The van der Waals surface area contributed by atoms with Gasteiger partial charge in [-0.1, -0.05) is 73.3 Å². The molecule has 96 valence electrons. The molecule has 1 nitrogen and oxygen atoms in total. The largest absolute Gasteiger partial charge is 0.299 e. The molecule has 2 rings (SSSR count). The number of carbonyl (C=O) groups excluding carboxylic acids is 1. The number of aldehydes is 1. The standard InChI is InChI=1S/C17H18OSi/c1-3-15(14-18)19(2,16-10-6-4-7-11-16)17-12-8-5-9-13-17/h3-14H,1-2H3/b15-3-. The highest BCUT2D eigenvalue weighted by atomic mass is 28.3. The van der Waals surface area contributed by atoms with Gasteiger partial charge in [0.1, 0.15) is 14.4 Å². The molecule has 0 heterocycles. The van der Waals surface area contributed by atoms with Crippen molar-refractivity contribution in [1.29, 1.82) is 0 Å². The maximum Gasteiger partial charge on any atom is 0.149 e. The average Bonchev–Trinajstić information content (AvgIpc) is 2.50. The van der Waals surface area contributed by atoms with Gasteiger partial charge in [-0.3, -0.25) is 4.79 Å². The summed E-state index contributed by atoms with van der Waals surface area (Å²) in [4.78, 5) is 11.5. The van der Waals surface area contributed by atoms with Gasteiger partial charge in [-0.15, -0.1) is 0 Å². The van der Waals surface area contributed by atoms with Gasteiger partial charge in [-0.05, 0) is 22.5 Å². The molecule has 0 aromatic heterocycles. The Morgan fingerprint density at radius 3 is 1.63 bits per heavy atom. The molecule has 0 aliphatic heterocycles. The first-order valence-corrected chi connectivity index (χ1v) is 8.96. The molecule has 0 amide bonds. The third kappa shape index (κ3) is 2.44. The van der Waals surface area contributed by atoms with Crippen LogP contribution in [0.5, 0.6) is 0 Å². The topological polar surface area (TPSA) is 17.1 Å². The summed E-state index contributed by atoms with van der Waals surface area (Å²) in [5, 5.41) is 3.45. The van der Waals surface area contributed by atoms with Crippen molar-refractivity contribution in [1.82, 2.24) is 0 Å². The van der Waals surface area contributed by atoms with Crippen LogP contribution in [0, 0.1) is 0 Å². The summed E-state index contributed by atoms with van der Waals surface area (Å²) < 4.78 is 0. The van der Waals surface area contributed by atoms with Crippen molar-refractivity contribution >= 4 is 24.7 Å². The maximum atomic E-state index is 11.5. The quantitative estimate of drug-likeness (QED) is 0.472. The predicted molar refractivity (Wildman–Crippen MR) is 83.6 cm³/mol. The van der Waals surface area contributed by atoms with Crippen molar-refractivity contribution in [2.24, 2.45) is 0 Å². The van der Waals surface area contributed by atoms with Crippen molar-refractivity contribution < 1.29 is 4.79 Å². The van der Waals surface area contributed by atoms with Crippen molar-refractivity contribution in [2.45, 2.75) is 13.5 Å². The number of hydrogen-bond donors (Lipinski definition) is 0. The van der Waals surface area contributed by atoms with Gasteiger partial charge in [0.25, 0.3) is 0 Å². The molecular weight excluding hydrogens is 248 g/mol. The van der Waals surface area contributed by atoms with Gasteiger partial charge >= 0.3 is 0 Å². The Hall–Kier alpha value is -1.93. The zero-order chi connectivity index (χ0) is 13.7. The van der Waals surface area contributed by atoms with E-state index >= 15 is 0 Å². The Bertz CT molecular complexity index is 533. The van der Waals surface area contributed by atoms with E-state index in [1.165, 1.54) is 10.4 Å². The molecule has 0 saturated carbocycles. The molecule has 0 bridgehead atoms. The second-order valence-electron chi connectivity index (χ2n) is 4.72. The monoisotopic (exact) mass is 266 g/mol. The lowest BCUT2D eigenvalue weighted by Crippen LogP contribution is -2.57. The Balaban J connectivity index is 2.67.